The molecule has 3 N–H and O–H groups in total. The summed E-state index contributed by atoms with van der Waals surface area (Å²) < 4.78 is 0. The molecule has 1 aliphatic heterocycles. The lowest BCUT2D eigenvalue weighted by molar-refractivity contribution is 0.0775. The summed E-state index contributed by atoms with van der Waals surface area (Å²) in [7, 11) is 0. The molecule has 1 rings (SSSR count). The van der Waals surface area contributed by atoms with Gasteiger partial charge in [-0.3, -0.25) is 9.89 Å². The number of aliphatic imine (C=N–C) groups is 1. The van der Waals surface area contributed by atoms with Crippen LogP contribution in [0.15, 0.2) is 4.99 Å². The van der Waals surface area contributed by atoms with E-state index in [0.717, 1.165) is 25.4 Å². The standard InChI is InChI=1S/C14H30N4.HI/c1-5-8-16-13(15)17-11-14(3,4)18-9-6-7-12(2)10-18;/h12H,5-11H2,1-4H3,(H3,15,16,17);1H. The minimum Gasteiger partial charge on any atom is -0.370 e. The Hall–Kier alpha value is -0.0400. The average Bonchev–Trinajstić information content (AvgIpc) is 2.34. The first-order valence-corrected chi connectivity index (χ1v) is 7.24. The normalized spacial score (nSPS) is 21.9. The van der Waals surface area contributed by atoms with E-state index in [4.69, 9.17) is 5.73 Å². The zero-order chi connectivity index (χ0) is 13.6. The summed E-state index contributed by atoms with van der Waals surface area (Å²) in [5.41, 5.74) is 5.95. The third-order valence-corrected chi connectivity index (χ3v) is 3.71. The van der Waals surface area contributed by atoms with Crippen molar-refractivity contribution in [1.29, 1.82) is 0 Å². The van der Waals surface area contributed by atoms with Gasteiger partial charge in [-0.2, -0.15) is 0 Å². The second-order valence-corrected chi connectivity index (χ2v) is 6.13. The highest BCUT2D eigenvalue weighted by atomic mass is 127. The number of piperidine rings is 1. The first-order valence-electron chi connectivity index (χ1n) is 7.24. The molecule has 4 nitrogen and oxygen atoms in total. The van der Waals surface area contributed by atoms with Crippen LogP contribution in [0.2, 0.25) is 0 Å². The Morgan fingerprint density at radius 3 is 2.74 bits per heavy atom. The second-order valence-electron chi connectivity index (χ2n) is 6.13. The predicted octanol–water partition coefficient (Wildman–Crippen LogP) is 2.43. The Morgan fingerprint density at radius 1 is 1.47 bits per heavy atom. The lowest BCUT2D eigenvalue weighted by atomic mass is 9.94. The molecule has 0 spiro atoms. The number of nitrogens with two attached hydrogens (primary N) is 1. The fourth-order valence-electron chi connectivity index (χ4n) is 2.43. The molecule has 5 heteroatoms. The van der Waals surface area contributed by atoms with E-state index in [-0.39, 0.29) is 29.5 Å². The third kappa shape index (κ3) is 6.79. The first kappa shape index (κ1) is 19.0. The van der Waals surface area contributed by atoms with Gasteiger partial charge in [0.05, 0.1) is 6.54 Å². The van der Waals surface area contributed by atoms with E-state index in [1.54, 1.807) is 0 Å². The zero-order valence-electron chi connectivity index (χ0n) is 12.9. The highest BCUT2D eigenvalue weighted by Gasteiger charge is 2.29. The Bertz CT molecular complexity index is 279. The summed E-state index contributed by atoms with van der Waals surface area (Å²) in [5, 5.41) is 3.13. The van der Waals surface area contributed by atoms with Gasteiger partial charge in [0.1, 0.15) is 0 Å². The summed E-state index contributed by atoms with van der Waals surface area (Å²) in [5.74, 6) is 1.38. The molecule has 1 heterocycles. The molecule has 0 amide bonds. The molecule has 1 aliphatic rings. The van der Waals surface area contributed by atoms with Crippen LogP contribution in [0.25, 0.3) is 0 Å². The van der Waals surface area contributed by atoms with Crippen LogP contribution in [-0.4, -0.2) is 42.6 Å². The van der Waals surface area contributed by atoms with Crippen LogP contribution in [0.4, 0.5) is 0 Å². The van der Waals surface area contributed by atoms with Crippen LogP contribution >= 0.6 is 24.0 Å². The van der Waals surface area contributed by atoms with Gasteiger partial charge >= 0.3 is 0 Å². The smallest absolute Gasteiger partial charge is 0.188 e. The van der Waals surface area contributed by atoms with Gasteiger partial charge in [-0.1, -0.05) is 13.8 Å². The maximum Gasteiger partial charge on any atom is 0.188 e. The lowest BCUT2D eigenvalue weighted by Gasteiger charge is -2.42. The van der Waals surface area contributed by atoms with E-state index < -0.39 is 0 Å². The molecule has 0 aromatic rings. The molecular formula is C14H31IN4. The number of guanidine groups is 1. The van der Waals surface area contributed by atoms with Crippen LogP contribution in [0.1, 0.15) is 47.0 Å². The highest BCUT2D eigenvalue weighted by molar-refractivity contribution is 14.0. The highest BCUT2D eigenvalue weighted by Crippen LogP contribution is 2.23. The van der Waals surface area contributed by atoms with E-state index >= 15 is 0 Å². The molecular weight excluding hydrogens is 351 g/mol. The van der Waals surface area contributed by atoms with Crippen LogP contribution in [0, 0.1) is 5.92 Å². The SMILES string of the molecule is CCCNC(N)=NCC(C)(C)N1CCCC(C)C1.I. The average molecular weight is 382 g/mol. The lowest BCUT2D eigenvalue weighted by Crippen LogP contribution is -2.51. The molecule has 0 aromatic carbocycles. The molecule has 1 fully saturated rings. The minimum atomic E-state index is 0. The quantitative estimate of drug-likeness (QED) is 0.436. The van der Waals surface area contributed by atoms with Crippen LogP contribution in [-0.2, 0) is 0 Å². The van der Waals surface area contributed by atoms with Crippen molar-refractivity contribution in [2.75, 3.05) is 26.2 Å². The maximum absolute atomic E-state index is 5.84. The van der Waals surface area contributed by atoms with E-state index in [1.807, 2.05) is 0 Å². The van der Waals surface area contributed by atoms with E-state index in [0.29, 0.717) is 5.96 Å². The Labute approximate surface area is 135 Å². The molecule has 0 radical (unpaired) electrons. The summed E-state index contributed by atoms with van der Waals surface area (Å²) in [6.45, 7) is 13.0. The molecule has 1 atom stereocenters. The fourth-order valence-corrected chi connectivity index (χ4v) is 2.43. The van der Waals surface area contributed by atoms with Crippen molar-refractivity contribution in [2.24, 2.45) is 16.6 Å². The monoisotopic (exact) mass is 382 g/mol. The molecule has 0 bridgehead atoms. The Balaban J connectivity index is 0.00000324. The van der Waals surface area contributed by atoms with Gasteiger partial charge in [-0.25, -0.2) is 0 Å². The van der Waals surface area contributed by atoms with Gasteiger partial charge in [0.2, 0.25) is 0 Å². The van der Waals surface area contributed by atoms with Crippen LogP contribution < -0.4 is 11.1 Å². The zero-order valence-corrected chi connectivity index (χ0v) is 15.2. The predicted molar refractivity (Wildman–Crippen MR) is 94.2 cm³/mol. The molecule has 114 valence electrons. The van der Waals surface area contributed by atoms with Crippen molar-refractivity contribution in [2.45, 2.75) is 52.5 Å². The van der Waals surface area contributed by atoms with Gasteiger partial charge in [0, 0.05) is 18.6 Å². The van der Waals surface area contributed by atoms with E-state index in [9.17, 15) is 0 Å². The molecule has 1 saturated heterocycles. The van der Waals surface area contributed by atoms with E-state index in [1.165, 1.54) is 25.9 Å². The number of rotatable bonds is 5. The summed E-state index contributed by atoms with van der Waals surface area (Å²) >= 11 is 0. The van der Waals surface area contributed by atoms with Crippen molar-refractivity contribution in [3.05, 3.63) is 0 Å². The minimum absolute atomic E-state index is 0. The maximum atomic E-state index is 5.84. The van der Waals surface area contributed by atoms with Crippen molar-refractivity contribution < 1.29 is 0 Å². The molecule has 19 heavy (non-hydrogen) atoms. The largest absolute Gasteiger partial charge is 0.370 e. The number of hydrogen-bond donors (Lipinski definition) is 2. The van der Waals surface area contributed by atoms with Crippen LogP contribution in [0.3, 0.4) is 0 Å². The molecule has 0 aromatic heterocycles. The van der Waals surface area contributed by atoms with Gasteiger partial charge in [-0.15, -0.1) is 24.0 Å². The second kappa shape index (κ2) is 9.00. The van der Waals surface area contributed by atoms with Crippen molar-refractivity contribution >= 4 is 29.9 Å². The topological polar surface area (TPSA) is 53.6 Å². The van der Waals surface area contributed by atoms with Gasteiger partial charge in [0.15, 0.2) is 5.96 Å². The number of halogens is 1. The third-order valence-electron chi connectivity index (χ3n) is 3.71. The van der Waals surface area contributed by atoms with Gasteiger partial charge < -0.3 is 11.1 Å². The first-order chi connectivity index (χ1) is 8.45. The summed E-state index contributed by atoms with van der Waals surface area (Å²) in [4.78, 5) is 7.03. The van der Waals surface area contributed by atoms with Gasteiger partial charge in [0.25, 0.3) is 0 Å². The van der Waals surface area contributed by atoms with E-state index in [2.05, 4.69) is 42.9 Å². The number of nitrogens with zero attached hydrogens (tertiary/aromatic N) is 2. The van der Waals surface area contributed by atoms with Crippen LogP contribution in [0.5, 0.6) is 0 Å². The van der Waals surface area contributed by atoms with Crippen molar-refractivity contribution in [1.82, 2.24) is 10.2 Å². The number of likely N-dealkylation sites (tertiary alicyclic amines) is 1. The van der Waals surface area contributed by atoms with Crippen molar-refractivity contribution in [3.63, 3.8) is 0 Å². The Morgan fingerprint density at radius 2 is 2.16 bits per heavy atom. The fraction of sp³-hybridized carbons (Fsp3) is 0.929. The number of hydrogen-bond acceptors (Lipinski definition) is 2. The van der Waals surface area contributed by atoms with Gasteiger partial charge in [-0.05, 0) is 45.6 Å². The summed E-state index contributed by atoms with van der Waals surface area (Å²) in [6, 6.07) is 0. The van der Waals surface area contributed by atoms with Crippen molar-refractivity contribution in [3.8, 4) is 0 Å². The summed E-state index contributed by atoms with van der Waals surface area (Å²) in [6.07, 6.45) is 3.73. The molecule has 0 saturated carbocycles. The Kier molecular flexibility index (Phi) is 8.98. The molecule has 0 aliphatic carbocycles. The number of nitrogens with one attached hydrogen (secondary N) is 1. The molecule has 1 unspecified atom stereocenters.